The van der Waals surface area contributed by atoms with Crippen LogP contribution in [0.1, 0.15) is 15.9 Å². The van der Waals surface area contributed by atoms with Crippen LogP contribution in [0.4, 0.5) is 0 Å². The van der Waals surface area contributed by atoms with Gasteiger partial charge >= 0.3 is 0 Å². The molecule has 0 spiro atoms. The number of hydrogen-bond donors (Lipinski definition) is 4. The van der Waals surface area contributed by atoms with E-state index < -0.39 is 23.6 Å². The van der Waals surface area contributed by atoms with Crippen LogP contribution in [0.25, 0.3) is 22.2 Å². The zero-order valence-corrected chi connectivity index (χ0v) is 15.9. The minimum Gasteiger partial charge on any atom is -0.363 e. The SMILES string of the molecule is NC(=O)C(=O)C(Cc1ccccc1)NC(=O)c1cn[nH]c1-c1c[nH]c2ccccc12. The zero-order valence-electron chi connectivity index (χ0n) is 15.9. The van der Waals surface area contributed by atoms with Crippen molar-refractivity contribution < 1.29 is 14.4 Å². The van der Waals surface area contributed by atoms with E-state index in [1.54, 1.807) is 6.20 Å². The van der Waals surface area contributed by atoms with Crippen LogP contribution in [-0.4, -0.2) is 38.8 Å². The van der Waals surface area contributed by atoms with Crippen LogP contribution in [0.5, 0.6) is 0 Å². The molecule has 8 nitrogen and oxygen atoms in total. The maximum atomic E-state index is 13.0. The number of Topliss-reactive ketones (excluding diaryl/α,β-unsaturated/α-hetero) is 1. The highest BCUT2D eigenvalue weighted by Crippen LogP contribution is 2.29. The number of para-hydroxylation sites is 1. The van der Waals surface area contributed by atoms with Crippen molar-refractivity contribution >= 4 is 28.5 Å². The van der Waals surface area contributed by atoms with Gasteiger partial charge in [-0.25, -0.2) is 0 Å². The van der Waals surface area contributed by atoms with E-state index in [-0.39, 0.29) is 12.0 Å². The van der Waals surface area contributed by atoms with E-state index >= 15 is 0 Å². The van der Waals surface area contributed by atoms with E-state index in [4.69, 9.17) is 5.73 Å². The fourth-order valence-electron chi connectivity index (χ4n) is 3.41. The van der Waals surface area contributed by atoms with Crippen molar-refractivity contribution in [2.45, 2.75) is 12.5 Å². The van der Waals surface area contributed by atoms with Gasteiger partial charge in [-0.05, 0) is 11.6 Å². The monoisotopic (exact) mass is 401 g/mol. The van der Waals surface area contributed by atoms with Crippen LogP contribution in [0.2, 0.25) is 0 Å². The van der Waals surface area contributed by atoms with Crippen molar-refractivity contribution in [2.24, 2.45) is 5.73 Å². The number of carbonyl (C=O) groups is 3. The summed E-state index contributed by atoms with van der Waals surface area (Å²) >= 11 is 0. The van der Waals surface area contributed by atoms with Crippen LogP contribution < -0.4 is 11.1 Å². The van der Waals surface area contributed by atoms with Gasteiger partial charge < -0.3 is 16.0 Å². The van der Waals surface area contributed by atoms with Gasteiger partial charge in [0.05, 0.1) is 17.5 Å². The second-order valence-electron chi connectivity index (χ2n) is 6.85. The molecule has 2 aromatic carbocycles. The van der Waals surface area contributed by atoms with Crippen molar-refractivity contribution in [1.29, 1.82) is 0 Å². The first-order chi connectivity index (χ1) is 14.5. The molecule has 0 radical (unpaired) electrons. The molecule has 30 heavy (non-hydrogen) atoms. The Morgan fingerprint density at radius 2 is 1.77 bits per heavy atom. The highest BCUT2D eigenvalue weighted by atomic mass is 16.2. The number of rotatable bonds is 7. The van der Waals surface area contributed by atoms with Gasteiger partial charge in [0, 0.05) is 29.1 Å². The molecule has 0 saturated carbocycles. The van der Waals surface area contributed by atoms with Crippen LogP contribution in [-0.2, 0) is 16.0 Å². The van der Waals surface area contributed by atoms with E-state index in [0.717, 1.165) is 22.0 Å². The molecule has 0 aliphatic rings. The lowest BCUT2D eigenvalue weighted by Gasteiger charge is -2.16. The third-order valence-corrected chi connectivity index (χ3v) is 4.89. The maximum Gasteiger partial charge on any atom is 0.287 e. The zero-order chi connectivity index (χ0) is 21.1. The Balaban J connectivity index is 1.63. The lowest BCUT2D eigenvalue weighted by atomic mass is 10.0. The molecule has 2 heterocycles. The summed E-state index contributed by atoms with van der Waals surface area (Å²) in [5.41, 5.74) is 8.44. The van der Waals surface area contributed by atoms with Gasteiger partial charge in [0.25, 0.3) is 11.8 Å². The van der Waals surface area contributed by atoms with Crippen molar-refractivity contribution in [1.82, 2.24) is 20.5 Å². The summed E-state index contributed by atoms with van der Waals surface area (Å²) in [5, 5.41) is 10.4. The average molecular weight is 401 g/mol. The third kappa shape index (κ3) is 3.70. The number of ketones is 1. The first kappa shape index (κ1) is 19.1. The predicted octanol–water partition coefficient (Wildman–Crippen LogP) is 1.95. The molecule has 1 atom stereocenters. The Morgan fingerprint density at radius 3 is 2.53 bits per heavy atom. The Labute approximate surface area is 171 Å². The van der Waals surface area contributed by atoms with E-state index in [9.17, 15) is 14.4 Å². The number of aromatic amines is 2. The highest BCUT2D eigenvalue weighted by Gasteiger charge is 2.27. The number of hydrogen-bond acceptors (Lipinski definition) is 4. The summed E-state index contributed by atoms with van der Waals surface area (Å²) < 4.78 is 0. The van der Waals surface area contributed by atoms with Gasteiger partial charge in [-0.1, -0.05) is 48.5 Å². The number of nitrogens with two attached hydrogens (primary N) is 1. The molecule has 5 N–H and O–H groups in total. The first-order valence-corrected chi connectivity index (χ1v) is 9.33. The lowest BCUT2D eigenvalue weighted by Crippen LogP contribution is -2.47. The summed E-state index contributed by atoms with van der Waals surface area (Å²) in [5.74, 6) is -2.48. The summed E-state index contributed by atoms with van der Waals surface area (Å²) in [4.78, 5) is 40.0. The molecular formula is C22H19N5O3. The summed E-state index contributed by atoms with van der Waals surface area (Å²) in [6.45, 7) is 0. The van der Waals surface area contributed by atoms with Gasteiger partial charge in [0.1, 0.15) is 6.04 Å². The van der Waals surface area contributed by atoms with Crippen molar-refractivity contribution in [2.75, 3.05) is 0 Å². The quantitative estimate of drug-likeness (QED) is 0.352. The van der Waals surface area contributed by atoms with Crippen molar-refractivity contribution in [3.05, 3.63) is 78.1 Å². The maximum absolute atomic E-state index is 13.0. The number of amides is 2. The van der Waals surface area contributed by atoms with E-state index in [1.165, 1.54) is 6.20 Å². The smallest absolute Gasteiger partial charge is 0.287 e. The number of nitrogens with one attached hydrogen (secondary N) is 3. The van der Waals surface area contributed by atoms with Gasteiger partial charge in [-0.3, -0.25) is 19.5 Å². The Morgan fingerprint density at radius 1 is 1.03 bits per heavy atom. The number of carbonyl (C=O) groups excluding carboxylic acids is 3. The fourth-order valence-corrected chi connectivity index (χ4v) is 3.41. The van der Waals surface area contributed by atoms with E-state index in [2.05, 4.69) is 20.5 Å². The molecule has 150 valence electrons. The molecule has 0 fully saturated rings. The van der Waals surface area contributed by atoms with E-state index in [0.29, 0.717) is 5.69 Å². The van der Waals surface area contributed by atoms with Crippen LogP contribution in [0.15, 0.2) is 67.0 Å². The number of primary amides is 1. The first-order valence-electron chi connectivity index (χ1n) is 9.33. The third-order valence-electron chi connectivity index (χ3n) is 4.89. The minimum absolute atomic E-state index is 0.147. The standard InChI is InChI=1S/C22H19N5O3/c23-21(29)20(28)18(10-13-6-2-1-3-7-13)26-22(30)16-12-25-27-19(16)15-11-24-17-9-5-4-8-14(15)17/h1-9,11-12,18,24H,10H2,(H2,23,29)(H,25,27)(H,26,30). The summed E-state index contributed by atoms with van der Waals surface area (Å²) in [6, 6.07) is 15.7. The van der Waals surface area contributed by atoms with Crippen molar-refractivity contribution in [3.8, 4) is 11.3 Å². The normalized spacial score (nSPS) is 11.9. The molecule has 0 bridgehead atoms. The number of benzene rings is 2. The molecule has 0 aliphatic heterocycles. The molecule has 4 aromatic rings. The largest absolute Gasteiger partial charge is 0.363 e. The highest BCUT2D eigenvalue weighted by molar-refractivity contribution is 6.38. The van der Waals surface area contributed by atoms with Gasteiger partial charge in [-0.2, -0.15) is 5.10 Å². The topological polar surface area (TPSA) is 134 Å². The Kier molecular flexibility index (Phi) is 5.13. The van der Waals surface area contributed by atoms with Crippen LogP contribution >= 0.6 is 0 Å². The molecule has 8 heteroatoms. The number of nitrogens with zero attached hydrogens (tertiary/aromatic N) is 1. The van der Waals surface area contributed by atoms with Crippen molar-refractivity contribution in [3.63, 3.8) is 0 Å². The predicted molar refractivity (Wildman–Crippen MR) is 111 cm³/mol. The Bertz CT molecular complexity index is 1230. The molecule has 0 aliphatic carbocycles. The number of aromatic nitrogens is 3. The van der Waals surface area contributed by atoms with Gasteiger partial charge in [0.15, 0.2) is 0 Å². The van der Waals surface area contributed by atoms with Gasteiger partial charge in [0.2, 0.25) is 5.78 Å². The molecular weight excluding hydrogens is 382 g/mol. The molecule has 0 saturated heterocycles. The number of H-pyrrole nitrogens is 2. The fraction of sp³-hybridized carbons (Fsp3) is 0.0909. The van der Waals surface area contributed by atoms with Gasteiger partial charge in [-0.15, -0.1) is 0 Å². The lowest BCUT2D eigenvalue weighted by molar-refractivity contribution is -0.137. The molecule has 1 unspecified atom stereocenters. The van der Waals surface area contributed by atoms with Crippen LogP contribution in [0, 0.1) is 0 Å². The summed E-state index contributed by atoms with van der Waals surface area (Å²) in [6.07, 6.45) is 3.32. The second-order valence-corrected chi connectivity index (χ2v) is 6.85. The Hall–Kier alpha value is -4.20. The number of fused-ring (bicyclic) bond motifs is 1. The van der Waals surface area contributed by atoms with E-state index in [1.807, 2.05) is 54.6 Å². The second kappa shape index (κ2) is 8.04. The average Bonchev–Trinajstić information content (AvgIpc) is 3.40. The summed E-state index contributed by atoms with van der Waals surface area (Å²) in [7, 11) is 0. The minimum atomic E-state index is -1.10. The molecule has 2 amide bonds. The molecule has 4 rings (SSSR count). The van der Waals surface area contributed by atoms with Crippen LogP contribution in [0.3, 0.4) is 0 Å². The molecule has 2 aromatic heterocycles.